The van der Waals surface area contributed by atoms with Crippen molar-refractivity contribution < 1.29 is 14.6 Å². The quantitative estimate of drug-likeness (QED) is 0.206. The maximum absolute atomic E-state index is 12.0. The fourth-order valence-electron chi connectivity index (χ4n) is 5.25. The number of rotatable bonds is 9. The first-order valence-electron chi connectivity index (χ1n) is 15.0. The summed E-state index contributed by atoms with van der Waals surface area (Å²) in [5.41, 5.74) is 5.03. The summed E-state index contributed by atoms with van der Waals surface area (Å²) < 4.78 is 7.45. The van der Waals surface area contributed by atoms with E-state index in [1.165, 1.54) is 0 Å². The molecule has 0 radical (unpaired) electrons. The minimum Gasteiger partial charge on any atom is -0.506 e. The molecule has 0 atom stereocenters. The Morgan fingerprint density at radius 1 is 1.02 bits per heavy atom. The Labute approximate surface area is 253 Å². The van der Waals surface area contributed by atoms with Gasteiger partial charge in [0, 0.05) is 37.9 Å². The number of piperidine rings is 1. The molecule has 1 aliphatic rings. The number of fused-ring (bicyclic) bond motifs is 1. The number of nitrogens with one attached hydrogen (secondary N) is 2. The van der Waals surface area contributed by atoms with Crippen molar-refractivity contribution in [2.45, 2.75) is 58.7 Å². The number of carbonyl (C=O) groups excluding carboxylic acids is 1. The van der Waals surface area contributed by atoms with Gasteiger partial charge in [0.25, 0.3) is 0 Å². The SMILES string of the molecule is Cc1ccc(O)c(Cn2c(NC3CCN(CCNC(=O)OC(C)(C)C)CC3)nc3ccc(C=Cc4ccccc4)cc32)n1. The van der Waals surface area contributed by atoms with Gasteiger partial charge in [-0.25, -0.2) is 9.78 Å². The Morgan fingerprint density at radius 3 is 2.51 bits per heavy atom. The number of pyridine rings is 1. The van der Waals surface area contributed by atoms with Gasteiger partial charge in [0.1, 0.15) is 17.0 Å². The van der Waals surface area contributed by atoms with E-state index in [4.69, 9.17) is 9.72 Å². The van der Waals surface area contributed by atoms with E-state index in [0.717, 1.165) is 66.3 Å². The number of hydrogen-bond acceptors (Lipinski definition) is 7. The van der Waals surface area contributed by atoms with E-state index in [9.17, 15) is 9.90 Å². The molecular formula is C34H42N6O3. The van der Waals surface area contributed by atoms with E-state index in [1.807, 2.05) is 58.0 Å². The second kappa shape index (κ2) is 13.3. The van der Waals surface area contributed by atoms with E-state index in [1.54, 1.807) is 6.07 Å². The van der Waals surface area contributed by atoms with Crippen LogP contribution in [0.2, 0.25) is 0 Å². The summed E-state index contributed by atoms with van der Waals surface area (Å²) in [6.07, 6.45) is 5.74. The molecule has 2 aromatic heterocycles. The lowest BCUT2D eigenvalue weighted by Gasteiger charge is -2.32. The third kappa shape index (κ3) is 8.35. The van der Waals surface area contributed by atoms with Crippen LogP contribution >= 0.6 is 0 Å². The fourth-order valence-corrected chi connectivity index (χ4v) is 5.25. The first-order chi connectivity index (χ1) is 20.6. The number of alkyl carbamates (subject to hydrolysis) is 1. The molecule has 0 bridgehead atoms. The van der Waals surface area contributed by atoms with Gasteiger partial charge in [-0.3, -0.25) is 4.98 Å². The Morgan fingerprint density at radius 2 is 1.77 bits per heavy atom. The minimum atomic E-state index is -0.501. The van der Waals surface area contributed by atoms with Crippen LogP contribution in [0, 0.1) is 6.92 Å². The molecule has 3 N–H and O–H groups in total. The van der Waals surface area contributed by atoms with Crippen LogP contribution in [-0.4, -0.2) is 68.5 Å². The Kier molecular flexibility index (Phi) is 9.31. The molecule has 4 aromatic rings. The smallest absolute Gasteiger partial charge is 0.407 e. The highest BCUT2D eigenvalue weighted by molar-refractivity contribution is 5.83. The molecule has 43 heavy (non-hydrogen) atoms. The van der Waals surface area contributed by atoms with Gasteiger partial charge in [0.15, 0.2) is 0 Å². The topological polar surface area (TPSA) is 105 Å². The maximum Gasteiger partial charge on any atom is 0.407 e. The van der Waals surface area contributed by atoms with Gasteiger partial charge in [-0.05, 0) is 75.9 Å². The molecule has 1 fully saturated rings. The number of ether oxygens (including phenoxy) is 1. The number of anilines is 1. The number of likely N-dealkylation sites (tertiary alicyclic amines) is 1. The zero-order valence-electron chi connectivity index (χ0n) is 25.5. The Hall–Kier alpha value is -4.37. The normalized spacial score (nSPS) is 14.8. The number of amides is 1. The first-order valence-corrected chi connectivity index (χ1v) is 15.0. The number of nitrogens with zero attached hydrogens (tertiary/aromatic N) is 4. The van der Waals surface area contributed by atoms with Crippen molar-refractivity contribution in [3.8, 4) is 5.75 Å². The standard InChI is InChI=1S/C34H42N6O3/c1-24-10-15-31(41)29(36-24)23-40-30-22-26(12-11-25-8-6-5-7-9-25)13-14-28(30)38-32(40)37-27-16-19-39(20-17-27)21-18-35-33(42)43-34(2,3)4/h5-15,22,27,41H,16-21,23H2,1-4H3,(H,35,42)(H,37,38). The van der Waals surface area contributed by atoms with Crippen LogP contribution in [0.5, 0.6) is 5.75 Å². The summed E-state index contributed by atoms with van der Waals surface area (Å²) in [5.74, 6) is 0.943. The molecule has 0 spiro atoms. The van der Waals surface area contributed by atoms with E-state index in [2.05, 4.69) is 61.5 Å². The molecule has 2 aromatic carbocycles. The van der Waals surface area contributed by atoms with Gasteiger partial charge in [-0.15, -0.1) is 0 Å². The molecule has 5 rings (SSSR count). The summed E-state index contributed by atoms with van der Waals surface area (Å²) in [5, 5.41) is 17.2. The molecule has 226 valence electrons. The van der Waals surface area contributed by atoms with Crippen molar-refractivity contribution in [1.29, 1.82) is 0 Å². The predicted molar refractivity (Wildman–Crippen MR) is 172 cm³/mol. The van der Waals surface area contributed by atoms with Crippen molar-refractivity contribution in [2.75, 3.05) is 31.5 Å². The average Bonchev–Trinajstić information content (AvgIpc) is 3.30. The van der Waals surface area contributed by atoms with Crippen molar-refractivity contribution in [3.05, 3.63) is 83.2 Å². The third-order valence-corrected chi connectivity index (χ3v) is 7.45. The van der Waals surface area contributed by atoms with Crippen molar-refractivity contribution in [1.82, 2.24) is 24.8 Å². The average molecular weight is 583 g/mol. The Bertz CT molecular complexity index is 1570. The van der Waals surface area contributed by atoms with Crippen LogP contribution in [0.4, 0.5) is 10.7 Å². The summed E-state index contributed by atoms with van der Waals surface area (Å²) in [7, 11) is 0. The fraction of sp³-hybridized carbons (Fsp3) is 0.382. The largest absolute Gasteiger partial charge is 0.506 e. The summed E-state index contributed by atoms with van der Waals surface area (Å²) in [6, 6.07) is 20.3. The lowest BCUT2D eigenvalue weighted by atomic mass is 10.1. The maximum atomic E-state index is 12.0. The lowest BCUT2D eigenvalue weighted by molar-refractivity contribution is 0.0520. The van der Waals surface area contributed by atoms with E-state index in [-0.39, 0.29) is 17.9 Å². The van der Waals surface area contributed by atoms with Gasteiger partial charge < -0.3 is 29.9 Å². The van der Waals surface area contributed by atoms with Crippen LogP contribution in [0.25, 0.3) is 23.2 Å². The molecule has 1 amide bonds. The highest BCUT2D eigenvalue weighted by Gasteiger charge is 2.23. The minimum absolute atomic E-state index is 0.173. The van der Waals surface area contributed by atoms with Crippen molar-refractivity contribution in [3.63, 3.8) is 0 Å². The summed E-state index contributed by atoms with van der Waals surface area (Å²) in [6.45, 7) is 11.1. The first kappa shape index (κ1) is 30.1. The van der Waals surface area contributed by atoms with Crippen LogP contribution in [0.3, 0.4) is 0 Å². The number of carbonyl (C=O) groups is 1. The van der Waals surface area contributed by atoms with Gasteiger partial charge >= 0.3 is 6.09 Å². The molecule has 9 heteroatoms. The molecule has 9 nitrogen and oxygen atoms in total. The Balaban J connectivity index is 1.30. The summed E-state index contributed by atoms with van der Waals surface area (Å²) >= 11 is 0. The highest BCUT2D eigenvalue weighted by Crippen LogP contribution is 2.27. The highest BCUT2D eigenvalue weighted by atomic mass is 16.6. The monoisotopic (exact) mass is 582 g/mol. The van der Waals surface area contributed by atoms with Crippen LogP contribution in [0.1, 0.15) is 56.1 Å². The molecule has 0 saturated carbocycles. The van der Waals surface area contributed by atoms with Gasteiger partial charge in [0.2, 0.25) is 5.95 Å². The van der Waals surface area contributed by atoms with Crippen molar-refractivity contribution >= 4 is 35.2 Å². The molecule has 1 aliphatic heterocycles. The van der Waals surface area contributed by atoms with Crippen LogP contribution in [0.15, 0.2) is 60.7 Å². The van der Waals surface area contributed by atoms with Gasteiger partial charge in [-0.2, -0.15) is 0 Å². The number of benzene rings is 2. The van der Waals surface area contributed by atoms with Gasteiger partial charge in [0.05, 0.1) is 17.6 Å². The molecule has 0 aliphatic carbocycles. The number of aromatic nitrogens is 3. The molecule has 1 saturated heterocycles. The van der Waals surface area contributed by atoms with E-state index >= 15 is 0 Å². The predicted octanol–water partition coefficient (Wildman–Crippen LogP) is 6.07. The number of aryl methyl sites for hydroxylation is 1. The van der Waals surface area contributed by atoms with Crippen LogP contribution in [-0.2, 0) is 11.3 Å². The van der Waals surface area contributed by atoms with Crippen molar-refractivity contribution in [2.24, 2.45) is 0 Å². The molecular weight excluding hydrogens is 540 g/mol. The zero-order chi connectivity index (χ0) is 30.4. The number of hydrogen-bond donors (Lipinski definition) is 3. The van der Waals surface area contributed by atoms with Crippen LogP contribution < -0.4 is 10.6 Å². The number of aromatic hydroxyl groups is 1. The molecule has 3 heterocycles. The third-order valence-electron chi connectivity index (χ3n) is 7.45. The lowest BCUT2D eigenvalue weighted by Crippen LogP contribution is -2.43. The van der Waals surface area contributed by atoms with E-state index < -0.39 is 5.60 Å². The van der Waals surface area contributed by atoms with Gasteiger partial charge in [-0.1, -0.05) is 48.6 Å². The number of imidazole rings is 1. The second-order valence-electron chi connectivity index (χ2n) is 12.1. The molecule has 0 unspecified atom stereocenters. The zero-order valence-corrected chi connectivity index (χ0v) is 25.5. The summed E-state index contributed by atoms with van der Waals surface area (Å²) in [4.78, 5) is 23.9. The second-order valence-corrected chi connectivity index (χ2v) is 12.1. The van der Waals surface area contributed by atoms with E-state index in [0.29, 0.717) is 18.8 Å².